The molecule has 1 N–H and O–H groups in total. The summed E-state index contributed by atoms with van der Waals surface area (Å²) in [6, 6.07) is 17.4. The number of carbonyl (C=O) groups excluding carboxylic acids is 1. The lowest BCUT2D eigenvalue weighted by atomic mass is 9.95. The van der Waals surface area contributed by atoms with Crippen LogP contribution < -0.4 is 5.32 Å². The van der Waals surface area contributed by atoms with E-state index in [1.165, 1.54) is 0 Å². The van der Waals surface area contributed by atoms with Crippen molar-refractivity contribution in [2.24, 2.45) is 5.92 Å². The molecule has 0 aliphatic carbocycles. The Hall–Kier alpha value is -2.68. The first kappa shape index (κ1) is 21.0. The monoisotopic (exact) mass is 391 g/mol. The van der Waals surface area contributed by atoms with Gasteiger partial charge in [0.1, 0.15) is 0 Å². The van der Waals surface area contributed by atoms with Crippen molar-refractivity contribution in [1.29, 1.82) is 5.26 Å². The molecule has 5 heteroatoms. The first-order chi connectivity index (χ1) is 14.1. The average Bonchev–Trinajstić information content (AvgIpc) is 2.76. The summed E-state index contributed by atoms with van der Waals surface area (Å²) in [4.78, 5) is 15.5. The zero-order valence-corrected chi connectivity index (χ0v) is 17.2. The van der Waals surface area contributed by atoms with Crippen LogP contribution in [0.25, 0.3) is 11.1 Å². The van der Waals surface area contributed by atoms with Crippen LogP contribution in [0.4, 0.5) is 0 Å². The van der Waals surface area contributed by atoms with Crippen LogP contribution in [0.15, 0.2) is 48.5 Å². The Labute approximate surface area is 173 Å². The number of benzene rings is 2. The molecule has 1 aliphatic heterocycles. The molecule has 152 valence electrons. The van der Waals surface area contributed by atoms with Crippen molar-refractivity contribution in [1.82, 2.24) is 10.2 Å². The van der Waals surface area contributed by atoms with Gasteiger partial charge in [-0.3, -0.25) is 9.69 Å². The predicted molar refractivity (Wildman–Crippen MR) is 115 cm³/mol. The van der Waals surface area contributed by atoms with Gasteiger partial charge in [-0.25, -0.2) is 0 Å². The quantitative estimate of drug-likeness (QED) is 0.782. The van der Waals surface area contributed by atoms with Crippen LogP contribution in [0, 0.1) is 17.2 Å². The van der Waals surface area contributed by atoms with Crippen LogP contribution in [0.2, 0.25) is 0 Å². The minimum Gasteiger partial charge on any atom is -0.379 e. The Balaban J connectivity index is 1.77. The number of carbonyl (C=O) groups is 1. The van der Waals surface area contributed by atoms with E-state index < -0.39 is 0 Å². The number of nitrogens with zero attached hydrogens (tertiary/aromatic N) is 2. The number of amides is 1. The molecule has 1 unspecified atom stereocenters. The molecule has 1 fully saturated rings. The molecular formula is C24H29N3O2. The minimum absolute atomic E-state index is 0.102. The molecule has 1 heterocycles. The summed E-state index contributed by atoms with van der Waals surface area (Å²) < 4.78 is 5.48. The van der Waals surface area contributed by atoms with Crippen LogP contribution >= 0.6 is 0 Å². The Morgan fingerprint density at radius 3 is 2.45 bits per heavy atom. The van der Waals surface area contributed by atoms with Gasteiger partial charge in [0.05, 0.1) is 24.8 Å². The number of ether oxygens (including phenoxy) is 1. The number of hydrogen-bond donors (Lipinski definition) is 1. The van der Waals surface area contributed by atoms with Gasteiger partial charge in [0, 0.05) is 36.8 Å². The Morgan fingerprint density at radius 1 is 1.10 bits per heavy atom. The van der Waals surface area contributed by atoms with Crippen LogP contribution in [0.5, 0.6) is 0 Å². The lowest BCUT2D eigenvalue weighted by molar-refractivity contribution is 0.0124. The standard InChI is InChI=1S/C24H29N3O2/c1-18(2)15-20(27-11-13-29-14-12-27)17-26-24(28)23-10-6-5-9-22(23)21-8-4-3-7-19(21)16-25/h3-10,18,20H,11-15,17H2,1-2H3,(H,26,28). The highest BCUT2D eigenvalue weighted by Crippen LogP contribution is 2.27. The summed E-state index contributed by atoms with van der Waals surface area (Å²) in [5.74, 6) is 0.449. The van der Waals surface area contributed by atoms with Crippen molar-refractivity contribution in [3.63, 3.8) is 0 Å². The molecule has 29 heavy (non-hydrogen) atoms. The molecule has 1 saturated heterocycles. The molecule has 0 aromatic heterocycles. The summed E-state index contributed by atoms with van der Waals surface area (Å²) in [7, 11) is 0. The minimum atomic E-state index is -0.102. The second kappa shape index (κ2) is 10.2. The lowest BCUT2D eigenvalue weighted by Crippen LogP contribution is -2.49. The second-order valence-corrected chi connectivity index (χ2v) is 7.84. The molecule has 0 saturated carbocycles. The van der Waals surface area contributed by atoms with Gasteiger partial charge >= 0.3 is 0 Å². The SMILES string of the molecule is CC(C)CC(CNC(=O)c1ccccc1-c1ccccc1C#N)N1CCOCC1. The van der Waals surface area contributed by atoms with E-state index >= 15 is 0 Å². The summed E-state index contributed by atoms with van der Waals surface area (Å²) in [5.41, 5.74) is 2.74. The van der Waals surface area contributed by atoms with Gasteiger partial charge in [-0.15, -0.1) is 0 Å². The number of morpholine rings is 1. The number of nitriles is 1. The van der Waals surface area contributed by atoms with Crippen LogP contribution in [-0.4, -0.2) is 49.7 Å². The van der Waals surface area contributed by atoms with Gasteiger partial charge in [-0.05, 0) is 30.0 Å². The fourth-order valence-electron chi connectivity index (χ4n) is 3.89. The maximum atomic E-state index is 13.1. The summed E-state index contributed by atoms with van der Waals surface area (Å²) in [5, 5.41) is 12.6. The summed E-state index contributed by atoms with van der Waals surface area (Å²) in [6.45, 7) is 8.32. The molecule has 1 amide bonds. The number of rotatable bonds is 7. The van der Waals surface area contributed by atoms with Gasteiger partial charge in [-0.1, -0.05) is 50.2 Å². The molecule has 1 atom stereocenters. The van der Waals surface area contributed by atoms with Gasteiger partial charge in [0.2, 0.25) is 0 Å². The third-order valence-electron chi connectivity index (χ3n) is 5.31. The van der Waals surface area contributed by atoms with Crippen LogP contribution in [0.1, 0.15) is 36.2 Å². The summed E-state index contributed by atoms with van der Waals surface area (Å²) >= 11 is 0. The smallest absolute Gasteiger partial charge is 0.251 e. The van der Waals surface area contributed by atoms with E-state index in [0.717, 1.165) is 43.9 Å². The maximum absolute atomic E-state index is 13.1. The molecule has 2 aromatic rings. The van der Waals surface area contributed by atoms with Crippen molar-refractivity contribution in [3.8, 4) is 17.2 Å². The van der Waals surface area contributed by atoms with E-state index in [4.69, 9.17) is 4.74 Å². The highest BCUT2D eigenvalue weighted by atomic mass is 16.5. The molecule has 0 radical (unpaired) electrons. The Morgan fingerprint density at radius 2 is 1.76 bits per heavy atom. The third kappa shape index (κ3) is 5.44. The normalized spacial score (nSPS) is 15.7. The zero-order chi connectivity index (χ0) is 20.6. The zero-order valence-electron chi connectivity index (χ0n) is 17.2. The number of hydrogen-bond acceptors (Lipinski definition) is 4. The highest BCUT2D eigenvalue weighted by Gasteiger charge is 2.23. The van der Waals surface area contributed by atoms with Crippen LogP contribution in [0.3, 0.4) is 0 Å². The van der Waals surface area contributed by atoms with E-state index in [2.05, 4.69) is 30.1 Å². The van der Waals surface area contributed by atoms with Crippen LogP contribution in [-0.2, 0) is 4.74 Å². The summed E-state index contributed by atoms with van der Waals surface area (Å²) in [6.07, 6.45) is 1.03. The Bertz CT molecular complexity index is 866. The van der Waals surface area contributed by atoms with E-state index in [-0.39, 0.29) is 5.91 Å². The van der Waals surface area contributed by atoms with Crippen molar-refractivity contribution in [2.45, 2.75) is 26.3 Å². The number of nitrogens with one attached hydrogen (secondary N) is 1. The van der Waals surface area contributed by atoms with Gasteiger partial charge in [0.15, 0.2) is 0 Å². The third-order valence-corrected chi connectivity index (χ3v) is 5.31. The second-order valence-electron chi connectivity index (χ2n) is 7.84. The molecule has 2 aromatic carbocycles. The molecule has 3 rings (SSSR count). The van der Waals surface area contributed by atoms with Crippen molar-refractivity contribution in [2.75, 3.05) is 32.8 Å². The maximum Gasteiger partial charge on any atom is 0.251 e. The first-order valence-electron chi connectivity index (χ1n) is 10.3. The molecule has 5 nitrogen and oxygen atoms in total. The van der Waals surface area contributed by atoms with Gasteiger partial charge in [0.25, 0.3) is 5.91 Å². The Kier molecular flexibility index (Phi) is 7.40. The van der Waals surface area contributed by atoms with E-state index in [9.17, 15) is 10.1 Å². The van der Waals surface area contributed by atoms with E-state index in [1.54, 1.807) is 6.07 Å². The predicted octanol–water partition coefficient (Wildman–Crippen LogP) is 3.70. The van der Waals surface area contributed by atoms with Gasteiger partial charge < -0.3 is 10.1 Å². The van der Waals surface area contributed by atoms with E-state index in [0.29, 0.717) is 29.6 Å². The molecule has 1 aliphatic rings. The topological polar surface area (TPSA) is 65.4 Å². The fourth-order valence-corrected chi connectivity index (χ4v) is 3.89. The fraction of sp³-hybridized carbons (Fsp3) is 0.417. The average molecular weight is 392 g/mol. The van der Waals surface area contributed by atoms with Crippen molar-refractivity contribution >= 4 is 5.91 Å². The molecule has 0 spiro atoms. The van der Waals surface area contributed by atoms with Gasteiger partial charge in [-0.2, -0.15) is 5.26 Å². The van der Waals surface area contributed by atoms with Crippen molar-refractivity contribution in [3.05, 3.63) is 59.7 Å². The largest absolute Gasteiger partial charge is 0.379 e. The van der Waals surface area contributed by atoms with Crippen molar-refractivity contribution < 1.29 is 9.53 Å². The molecular weight excluding hydrogens is 362 g/mol. The highest BCUT2D eigenvalue weighted by molar-refractivity contribution is 6.01. The van der Waals surface area contributed by atoms with E-state index in [1.807, 2.05) is 42.5 Å². The first-order valence-corrected chi connectivity index (χ1v) is 10.3. The molecule has 0 bridgehead atoms. The lowest BCUT2D eigenvalue weighted by Gasteiger charge is -2.35.